The molecule has 66 valence electrons. The topological polar surface area (TPSA) is 77.8 Å². The first kappa shape index (κ1) is 9.21. The first-order valence-electron chi connectivity index (χ1n) is 3.30. The van der Waals surface area contributed by atoms with Gasteiger partial charge >= 0.3 is 5.69 Å². The molecule has 1 rings (SSSR count). The molecule has 0 saturated carbocycles. The number of Topliss-reactive ketones (excluding diaryl/α,β-unsaturated/α-hetero) is 1. The maximum absolute atomic E-state index is 11.2. The molecule has 6 heteroatoms. The minimum Gasteiger partial charge on any atom is -0.313 e. The van der Waals surface area contributed by atoms with Crippen LogP contribution in [0.15, 0.2) is 9.40 Å². The zero-order valence-corrected chi connectivity index (χ0v) is 7.99. The number of hydrogen-bond donors (Lipinski definition) is 3. The summed E-state index contributed by atoms with van der Waals surface area (Å²) in [5.74, 6) is -0.164. The van der Waals surface area contributed by atoms with Gasteiger partial charge in [0.25, 0.3) is 0 Å². The number of rotatable bonds is 3. The van der Waals surface area contributed by atoms with E-state index in [2.05, 4.69) is 31.2 Å². The molecule has 0 unspecified atom stereocenters. The third-order valence-corrected chi connectivity index (χ3v) is 1.89. The van der Waals surface area contributed by atoms with Gasteiger partial charge < -0.3 is 10.3 Å². The summed E-state index contributed by atoms with van der Waals surface area (Å²) in [7, 11) is 1.66. The van der Waals surface area contributed by atoms with Crippen LogP contribution in [0.2, 0.25) is 0 Å². The van der Waals surface area contributed by atoms with Crippen LogP contribution in [0.25, 0.3) is 0 Å². The first-order chi connectivity index (χ1) is 5.65. The molecule has 1 heterocycles. The Morgan fingerprint density at radius 1 is 1.58 bits per heavy atom. The highest BCUT2D eigenvalue weighted by atomic mass is 79.9. The van der Waals surface area contributed by atoms with E-state index < -0.39 is 0 Å². The molecule has 3 N–H and O–H groups in total. The maximum atomic E-state index is 11.2. The van der Waals surface area contributed by atoms with E-state index >= 15 is 0 Å². The Morgan fingerprint density at radius 3 is 2.67 bits per heavy atom. The van der Waals surface area contributed by atoms with Crippen molar-refractivity contribution in [3.05, 3.63) is 20.8 Å². The fourth-order valence-electron chi connectivity index (χ4n) is 0.803. The van der Waals surface area contributed by atoms with E-state index in [0.29, 0.717) is 4.60 Å². The monoisotopic (exact) mass is 233 g/mol. The summed E-state index contributed by atoms with van der Waals surface area (Å²) in [5.41, 5.74) is -0.115. The number of aromatic amines is 2. The number of H-pyrrole nitrogens is 2. The first-order valence-corrected chi connectivity index (χ1v) is 4.10. The number of carbonyl (C=O) groups excluding carboxylic acids is 1. The lowest BCUT2D eigenvalue weighted by atomic mass is 10.3. The zero-order chi connectivity index (χ0) is 9.14. The molecular formula is C6H8BrN3O2. The van der Waals surface area contributed by atoms with E-state index in [1.54, 1.807) is 7.05 Å². The molecule has 0 spiro atoms. The number of carbonyl (C=O) groups is 1. The highest BCUT2D eigenvalue weighted by Gasteiger charge is 2.11. The van der Waals surface area contributed by atoms with E-state index in [1.807, 2.05) is 0 Å². The Morgan fingerprint density at radius 2 is 2.25 bits per heavy atom. The van der Waals surface area contributed by atoms with Crippen LogP contribution in [0.5, 0.6) is 0 Å². The summed E-state index contributed by atoms with van der Waals surface area (Å²) in [5, 5.41) is 2.70. The van der Waals surface area contributed by atoms with Gasteiger partial charge in [-0.3, -0.25) is 9.78 Å². The number of ketones is 1. The molecule has 12 heavy (non-hydrogen) atoms. The quantitative estimate of drug-likeness (QED) is 0.637. The fraction of sp³-hybridized carbons (Fsp3) is 0.333. The zero-order valence-electron chi connectivity index (χ0n) is 6.40. The fourth-order valence-corrected chi connectivity index (χ4v) is 1.30. The summed E-state index contributed by atoms with van der Waals surface area (Å²) in [6.07, 6.45) is 0. The van der Waals surface area contributed by atoms with Crippen LogP contribution >= 0.6 is 15.9 Å². The number of aromatic nitrogens is 2. The molecule has 0 aromatic carbocycles. The largest absolute Gasteiger partial charge is 0.324 e. The maximum Gasteiger partial charge on any atom is 0.324 e. The van der Waals surface area contributed by atoms with Gasteiger partial charge in [-0.15, -0.1) is 0 Å². The van der Waals surface area contributed by atoms with Crippen molar-refractivity contribution in [3.63, 3.8) is 0 Å². The molecule has 0 radical (unpaired) electrons. The van der Waals surface area contributed by atoms with Gasteiger partial charge in [0.1, 0.15) is 10.3 Å². The third kappa shape index (κ3) is 1.83. The second kappa shape index (κ2) is 3.68. The molecule has 1 aromatic heterocycles. The minimum atomic E-state index is -0.388. The summed E-state index contributed by atoms with van der Waals surface area (Å²) < 4.78 is 0.396. The smallest absolute Gasteiger partial charge is 0.313 e. The highest BCUT2D eigenvalue weighted by Crippen LogP contribution is 2.08. The molecular weight excluding hydrogens is 226 g/mol. The number of hydrogen-bond acceptors (Lipinski definition) is 3. The Labute approximate surface area is 76.7 Å². The Kier molecular flexibility index (Phi) is 2.83. The molecule has 5 nitrogen and oxygen atoms in total. The Bertz CT molecular complexity index is 341. The van der Waals surface area contributed by atoms with Crippen LogP contribution < -0.4 is 11.0 Å². The summed E-state index contributed by atoms with van der Waals surface area (Å²) in [6.45, 7) is 0.201. The number of nitrogens with one attached hydrogen (secondary N) is 3. The second-order valence-corrected chi connectivity index (χ2v) is 3.01. The number of likely N-dealkylation sites (N-methyl/N-ethyl adjacent to an activating group) is 1. The van der Waals surface area contributed by atoms with Gasteiger partial charge in [0.05, 0.1) is 6.54 Å². The van der Waals surface area contributed by atoms with Crippen LogP contribution in [0.4, 0.5) is 0 Å². The van der Waals surface area contributed by atoms with Crippen LogP contribution in [0.3, 0.4) is 0 Å². The predicted octanol–water partition coefficient (Wildman–Crippen LogP) is -0.132. The van der Waals surface area contributed by atoms with Crippen LogP contribution in [-0.2, 0) is 0 Å². The van der Waals surface area contributed by atoms with Crippen molar-refractivity contribution in [1.29, 1.82) is 0 Å². The molecule has 0 aliphatic carbocycles. The summed E-state index contributed by atoms with van der Waals surface area (Å²) in [6, 6.07) is 0. The van der Waals surface area contributed by atoms with Gasteiger partial charge in [-0.25, -0.2) is 4.79 Å². The van der Waals surface area contributed by atoms with E-state index in [1.165, 1.54) is 0 Å². The summed E-state index contributed by atoms with van der Waals surface area (Å²) >= 11 is 3.05. The number of imidazole rings is 1. The van der Waals surface area contributed by atoms with Crippen molar-refractivity contribution < 1.29 is 4.79 Å². The second-order valence-electron chi connectivity index (χ2n) is 2.22. The molecule has 0 aliphatic heterocycles. The van der Waals surface area contributed by atoms with Crippen LogP contribution in [0, 0.1) is 0 Å². The van der Waals surface area contributed by atoms with Gasteiger partial charge in [0.2, 0.25) is 0 Å². The van der Waals surface area contributed by atoms with E-state index in [4.69, 9.17) is 0 Å². The van der Waals surface area contributed by atoms with E-state index in [9.17, 15) is 9.59 Å². The molecule has 0 saturated heterocycles. The minimum absolute atomic E-state index is 0.164. The van der Waals surface area contributed by atoms with Crippen molar-refractivity contribution in [2.75, 3.05) is 13.6 Å². The molecule has 0 fully saturated rings. The van der Waals surface area contributed by atoms with E-state index in [-0.39, 0.29) is 23.7 Å². The van der Waals surface area contributed by atoms with Crippen molar-refractivity contribution >= 4 is 21.7 Å². The molecule has 0 amide bonds. The van der Waals surface area contributed by atoms with Gasteiger partial charge in [0.15, 0.2) is 5.78 Å². The van der Waals surface area contributed by atoms with Crippen molar-refractivity contribution in [2.24, 2.45) is 0 Å². The lowest BCUT2D eigenvalue weighted by molar-refractivity contribution is 0.0988. The van der Waals surface area contributed by atoms with Gasteiger partial charge in [-0.05, 0) is 23.0 Å². The van der Waals surface area contributed by atoms with Crippen molar-refractivity contribution in [3.8, 4) is 0 Å². The van der Waals surface area contributed by atoms with Crippen LogP contribution in [0.1, 0.15) is 10.5 Å². The van der Waals surface area contributed by atoms with Gasteiger partial charge in [-0.2, -0.15) is 0 Å². The van der Waals surface area contributed by atoms with E-state index in [0.717, 1.165) is 0 Å². The number of halogens is 1. The third-order valence-electron chi connectivity index (χ3n) is 1.30. The lowest BCUT2D eigenvalue weighted by Crippen LogP contribution is -2.19. The molecule has 0 bridgehead atoms. The normalized spacial score (nSPS) is 10.2. The summed E-state index contributed by atoms with van der Waals surface area (Å²) in [4.78, 5) is 26.7. The average molecular weight is 234 g/mol. The molecule has 0 atom stereocenters. The average Bonchev–Trinajstić information content (AvgIpc) is 2.30. The van der Waals surface area contributed by atoms with Crippen molar-refractivity contribution in [2.45, 2.75) is 0 Å². The Balaban J connectivity index is 2.94. The highest BCUT2D eigenvalue weighted by molar-refractivity contribution is 9.10. The van der Waals surface area contributed by atoms with Crippen LogP contribution in [-0.4, -0.2) is 29.3 Å². The molecule has 1 aromatic rings. The lowest BCUT2D eigenvalue weighted by Gasteiger charge is -1.95. The SMILES string of the molecule is CNCC(=O)c1[nH]c(=O)[nH]c1Br. The predicted molar refractivity (Wildman–Crippen MR) is 47.4 cm³/mol. The molecule has 0 aliphatic rings. The van der Waals surface area contributed by atoms with Gasteiger partial charge in [-0.1, -0.05) is 0 Å². The standard InChI is InChI=1S/C6H8BrN3O2/c1-8-2-3(11)4-5(7)10-6(12)9-4/h8H,2H2,1H3,(H2,9,10,12). The van der Waals surface area contributed by atoms with Crippen molar-refractivity contribution in [1.82, 2.24) is 15.3 Å². The Hall–Kier alpha value is -0.880. The van der Waals surface area contributed by atoms with Gasteiger partial charge in [0, 0.05) is 0 Å².